The summed E-state index contributed by atoms with van der Waals surface area (Å²) in [4.78, 5) is 0. The van der Waals surface area contributed by atoms with Crippen molar-refractivity contribution in [3.05, 3.63) is 48.8 Å². The Labute approximate surface area is 82.0 Å². The van der Waals surface area contributed by atoms with E-state index in [0.717, 1.165) is 11.4 Å². The molecule has 2 rings (SSSR count). The van der Waals surface area contributed by atoms with Gasteiger partial charge in [-0.15, -0.1) is 0 Å². The highest BCUT2D eigenvalue weighted by Gasteiger charge is 2.19. The third-order valence-corrected chi connectivity index (χ3v) is 2.04. The van der Waals surface area contributed by atoms with E-state index >= 15 is 0 Å². The van der Waals surface area contributed by atoms with Crippen LogP contribution in [0.1, 0.15) is 0 Å². The lowest BCUT2D eigenvalue weighted by Crippen LogP contribution is -2.52. The van der Waals surface area contributed by atoms with Crippen LogP contribution >= 0.6 is 0 Å². The number of rotatable bonds is 1. The minimum absolute atomic E-state index is 0.871. The fraction of sp³-hybridized carbons (Fsp3) is 0. The zero-order valence-electron chi connectivity index (χ0n) is 7.67. The van der Waals surface area contributed by atoms with Crippen LogP contribution in [-0.2, 0) is 0 Å². The normalized spacial score (nSPS) is 10.0. The van der Waals surface area contributed by atoms with E-state index in [-0.39, 0.29) is 0 Å². The third-order valence-electron chi connectivity index (χ3n) is 2.04. The van der Waals surface area contributed by atoms with E-state index in [1.54, 1.807) is 21.7 Å². The lowest BCUT2D eigenvalue weighted by atomic mass is 10.2. The maximum atomic E-state index is 5.77. The number of hydrogen-bond donors (Lipinski definition) is 2. The molecule has 0 aliphatic heterocycles. The second kappa shape index (κ2) is 3.33. The van der Waals surface area contributed by atoms with Crippen LogP contribution in [0, 0.1) is 0 Å². The Balaban J connectivity index is 2.61. The van der Waals surface area contributed by atoms with E-state index in [4.69, 9.17) is 11.7 Å². The van der Waals surface area contributed by atoms with Crippen LogP contribution < -0.4 is 21.0 Å². The first-order valence-electron chi connectivity index (χ1n) is 4.31. The number of aromatic nitrogens is 2. The molecule has 70 valence electrons. The molecule has 0 aliphatic carbocycles. The van der Waals surface area contributed by atoms with Crippen LogP contribution in [0.4, 0.5) is 0 Å². The maximum Gasteiger partial charge on any atom is 0.308 e. The number of hydrogen-bond acceptors (Lipinski definition) is 2. The molecule has 4 N–H and O–H groups in total. The van der Waals surface area contributed by atoms with Gasteiger partial charge in [-0.2, -0.15) is 0 Å². The standard InChI is InChI=1S/C10H11N4/c11-13-7-3-1-5-9(13)10-6-2-4-8-14(10)12/h1-8,11H,12H2/q+1/p+1. The van der Waals surface area contributed by atoms with Crippen molar-refractivity contribution >= 4 is 0 Å². The summed E-state index contributed by atoms with van der Waals surface area (Å²) in [6, 6.07) is 11.4. The molecule has 14 heavy (non-hydrogen) atoms. The second-order valence-electron chi connectivity index (χ2n) is 2.99. The number of pyridine rings is 2. The molecule has 4 heteroatoms. The van der Waals surface area contributed by atoms with Crippen LogP contribution in [0.15, 0.2) is 48.8 Å². The highest BCUT2D eigenvalue weighted by atomic mass is 15.3. The van der Waals surface area contributed by atoms with Gasteiger partial charge in [-0.05, 0) is 12.1 Å². The van der Waals surface area contributed by atoms with Crippen molar-refractivity contribution in [2.75, 3.05) is 11.7 Å². The molecule has 0 saturated carbocycles. The van der Waals surface area contributed by atoms with Gasteiger partial charge >= 0.3 is 11.4 Å². The number of nitrogen functional groups attached to an aromatic ring is 2. The van der Waals surface area contributed by atoms with Crippen LogP contribution in [0.3, 0.4) is 0 Å². The smallest absolute Gasteiger partial charge is 0.205 e. The van der Waals surface area contributed by atoms with E-state index in [1.807, 2.05) is 36.4 Å². The topological polar surface area (TPSA) is 59.8 Å². The van der Waals surface area contributed by atoms with E-state index < -0.39 is 0 Å². The molecule has 0 radical (unpaired) electrons. The van der Waals surface area contributed by atoms with Gasteiger partial charge in [-0.1, -0.05) is 9.35 Å². The fourth-order valence-electron chi connectivity index (χ4n) is 1.35. The molecule has 0 atom stereocenters. The predicted octanol–water partition coefficient (Wildman–Crippen LogP) is -0.644. The van der Waals surface area contributed by atoms with Crippen LogP contribution in [-0.4, -0.2) is 0 Å². The third kappa shape index (κ3) is 1.37. The number of nitrogens with zero attached hydrogens (tertiary/aromatic N) is 2. The second-order valence-corrected chi connectivity index (χ2v) is 2.99. The molecule has 0 fully saturated rings. The van der Waals surface area contributed by atoms with Gasteiger partial charge in [0, 0.05) is 24.3 Å². The van der Waals surface area contributed by atoms with Gasteiger partial charge in [0.1, 0.15) is 0 Å². The average molecular weight is 188 g/mol. The van der Waals surface area contributed by atoms with Gasteiger partial charge in [-0.3, -0.25) is 0 Å². The van der Waals surface area contributed by atoms with E-state index in [9.17, 15) is 0 Å². The molecule has 0 saturated heterocycles. The SMILES string of the molecule is N[n+]1ccccc1-c1cccc[n+]1N. The Bertz CT molecular complexity index is 410. The zero-order chi connectivity index (χ0) is 9.97. The first-order chi connectivity index (χ1) is 6.79. The van der Waals surface area contributed by atoms with Crippen molar-refractivity contribution in [2.45, 2.75) is 0 Å². The monoisotopic (exact) mass is 188 g/mol. The molecule has 0 spiro atoms. The Morgan fingerprint density at radius 2 is 1.14 bits per heavy atom. The molecular weight excluding hydrogens is 176 g/mol. The summed E-state index contributed by atoms with van der Waals surface area (Å²) in [5.74, 6) is 11.5. The first-order valence-corrected chi connectivity index (χ1v) is 4.31. The molecular formula is C10H12N4+2. The van der Waals surface area contributed by atoms with E-state index in [0.29, 0.717) is 0 Å². The molecule has 4 nitrogen and oxygen atoms in total. The molecule has 2 aromatic heterocycles. The highest BCUT2D eigenvalue weighted by molar-refractivity contribution is 5.45. The quantitative estimate of drug-likeness (QED) is 0.462. The zero-order valence-corrected chi connectivity index (χ0v) is 7.67. The van der Waals surface area contributed by atoms with Crippen molar-refractivity contribution in [1.82, 2.24) is 0 Å². The minimum Gasteiger partial charge on any atom is -0.205 e. The van der Waals surface area contributed by atoms with Crippen LogP contribution in [0.5, 0.6) is 0 Å². The number of nitrogens with two attached hydrogens (primary N) is 2. The molecule has 2 aromatic rings. The summed E-state index contributed by atoms with van der Waals surface area (Å²) in [5, 5.41) is 0. The van der Waals surface area contributed by atoms with Crippen molar-refractivity contribution < 1.29 is 9.35 Å². The van der Waals surface area contributed by atoms with Crippen molar-refractivity contribution in [3.8, 4) is 11.4 Å². The van der Waals surface area contributed by atoms with Gasteiger partial charge in [0.05, 0.1) is 0 Å². The van der Waals surface area contributed by atoms with Gasteiger partial charge < -0.3 is 0 Å². The van der Waals surface area contributed by atoms with Crippen LogP contribution in [0.2, 0.25) is 0 Å². The fourth-order valence-corrected chi connectivity index (χ4v) is 1.35. The first kappa shape index (κ1) is 8.50. The summed E-state index contributed by atoms with van der Waals surface area (Å²) in [6.45, 7) is 0. The molecule has 0 aromatic carbocycles. The van der Waals surface area contributed by atoms with Crippen LogP contribution in [0.25, 0.3) is 11.4 Å². The summed E-state index contributed by atoms with van der Waals surface area (Å²) < 4.78 is 3.08. The average Bonchev–Trinajstić information content (AvgIpc) is 2.20. The van der Waals surface area contributed by atoms with Gasteiger partial charge in [0.15, 0.2) is 12.4 Å². The van der Waals surface area contributed by atoms with E-state index in [2.05, 4.69) is 0 Å². The summed E-state index contributed by atoms with van der Waals surface area (Å²) in [6.07, 6.45) is 3.56. The van der Waals surface area contributed by atoms with E-state index in [1.165, 1.54) is 0 Å². The van der Waals surface area contributed by atoms with Gasteiger partial charge in [-0.25, -0.2) is 11.7 Å². The maximum absolute atomic E-state index is 5.77. The Morgan fingerprint density at radius 3 is 1.50 bits per heavy atom. The largest absolute Gasteiger partial charge is 0.308 e. The highest BCUT2D eigenvalue weighted by Crippen LogP contribution is 2.06. The summed E-state index contributed by atoms with van der Waals surface area (Å²) in [5.41, 5.74) is 1.74. The summed E-state index contributed by atoms with van der Waals surface area (Å²) >= 11 is 0. The Hall–Kier alpha value is -2.10. The van der Waals surface area contributed by atoms with Gasteiger partial charge in [0.25, 0.3) is 0 Å². The minimum atomic E-state index is 0.871. The van der Waals surface area contributed by atoms with Crippen molar-refractivity contribution in [1.29, 1.82) is 0 Å². The van der Waals surface area contributed by atoms with Gasteiger partial charge in [0.2, 0.25) is 0 Å². The predicted molar refractivity (Wildman–Crippen MR) is 52.6 cm³/mol. The Morgan fingerprint density at radius 1 is 0.714 bits per heavy atom. The van der Waals surface area contributed by atoms with Crippen molar-refractivity contribution in [3.63, 3.8) is 0 Å². The Kier molecular flexibility index (Phi) is 2.02. The molecule has 0 amide bonds. The molecule has 0 unspecified atom stereocenters. The van der Waals surface area contributed by atoms with Crippen molar-refractivity contribution in [2.24, 2.45) is 0 Å². The lowest BCUT2D eigenvalue weighted by Gasteiger charge is -1.95. The molecule has 0 bridgehead atoms. The summed E-state index contributed by atoms with van der Waals surface area (Å²) in [7, 11) is 0. The molecule has 2 heterocycles. The molecule has 0 aliphatic rings. The lowest BCUT2D eigenvalue weighted by molar-refractivity contribution is -0.658.